The van der Waals surface area contributed by atoms with Gasteiger partial charge < -0.3 is 14.3 Å². The van der Waals surface area contributed by atoms with Crippen LogP contribution in [0.5, 0.6) is 0 Å². The maximum atomic E-state index is 13.1. The van der Waals surface area contributed by atoms with Crippen molar-refractivity contribution in [1.82, 2.24) is 14.8 Å². The largest absolute Gasteiger partial charge is 0.467 e. The number of nitrogens with one attached hydrogen (secondary N) is 1. The summed E-state index contributed by atoms with van der Waals surface area (Å²) in [5, 5.41) is 1.79. The molecule has 1 atom stereocenters. The van der Waals surface area contributed by atoms with Crippen molar-refractivity contribution in [2.24, 2.45) is 5.92 Å². The number of carbonyl (C=O) groups excluding carboxylic acids is 1. The first kappa shape index (κ1) is 17.8. The minimum atomic E-state index is -0.245. The number of aromatic nitrogens is 1. The van der Waals surface area contributed by atoms with Crippen LogP contribution in [-0.4, -0.2) is 38.4 Å². The lowest BCUT2D eigenvalue weighted by molar-refractivity contribution is -0.129. The Kier molecular flexibility index (Phi) is 4.74. The molecule has 1 N–H and O–H groups in total. The molecule has 27 heavy (non-hydrogen) atoms. The van der Waals surface area contributed by atoms with Gasteiger partial charge in [0.2, 0.25) is 0 Å². The van der Waals surface area contributed by atoms with Crippen molar-refractivity contribution in [3.05, 3.63) is 60.2 Å². The molecule has 0 spiro atoms. The Morgan fingerprint density at radius 1 is 1.22 bits per heavy atom. The molecule has 4 rings (SSSR count). The van der Waals surface area contributed by atoms with Crippen LogP contribution < -0.4 is 0 Å². The predicted octanol–water partition coefficient (Wildman–Crippen LogP) is 3.96. The zero-order valence-electron chi connectivity index (χ0n) is 15.5. The molecular weight excluding hydrogens is 358 g/mol. The molecule has 0 bridgehead atoms. The average molecular weight is 382 g/mol. The number of hydrogen-bond donors (Lipinski definition) is 1. The van der Waals surface area contributed by atoms with E-state index in [4.69, 9.17) is 16.6 Å². The van der Waals surface area contributed by atoms with Crippen molar-refractivity contribution in [3.8, 4) is 0 Å². The third-order valence-electron chi connectivity index (χ3n) is 5.15. The second-order valence-corrected chi connectivity index (χ2v) is 7.64. The first-order valence-electron chi connectivity index (χ1n) is 9.25. The normalized spacial score (nSPS) is 17.7. The van der Waals surface area contributed by atoms with Gasteiger partial charge in [-0.25, -0.2) is 0 Å². The van der Waals surface area contributed by atoms with Crippen LogP contribution in [0.15, 0.2) is 53.3 Å². The number of H-pyrrole nitrogens is 1. The van der Waals surface area contributed by atoms with Crippen molar-refractivity contribution in [3.63, 3.8) is 0 Å². The van der Waals surface area contributed by atoms with E-state index in [0.29, 0.717) is 18.2 Å². The molecule has 0 radical (unpaired) electrons. The molecule has 1 aliphatic rings. The van der Waals surface area contributed by atoms with Gasteiger partial charge in [-0.1, -0.05) is 32.0 Å². The van der Waals surface area contributed by atoms with Crippen LogP contribution in [-0.2, 0) is 17.8 Å². The van der Waals surface area contributed by atoms with Gasteiger partial charge in [-0.2, -0.15) is 0 Å². The van der Waals surface area contributed by atoms with Gasteiger partial charge in [0.15, 0.2) is 5.11 Å². The van der Waals surface area contributed by atoms with Gasteiger partial charge >= 0.3 is 0 Å². The Bertz CT molecular complexity index is 961. The number of amides is 1. The molecule has 1 fully saturated rings. The van der Waals surface area contributed by atoms with E-state index in [-0.39, 0.29) is 17.9 Å². The number of fused-ring (bicyclic) bond motifs is 1. The summed E-state index contributed by atoms with van der Waals surface area (Å²) in [6, 6.07) is 11.7. The quantitative estimate of drug-likeness (QED) is 0.657. The highest BCUT2D eigenvalue weighted by Crippen LogP contribution is 2.27. The topological polar surface area (TPSA) is 52.5 Å². The summed E-state index contributed by atoms with van der Waals surface area (Å²) in [5.74, 6) is 1.07. The van der Waals surface area contributed by atoms with Crippen molar-refractivity contribution >= 4 is 34.1 Å². The van der Waals surface area contributed by atoms with Crippen LogP contribution in [0.25, 0.3) is 10.9 Å². The van der Waals surface area contributed by atoms with Gasteiger partial charge in [-0.3, -0.25) is 9.69 Å². The Hall–Kier alpha value is -2.60. The highest BCUT2D eigenvalue weighted by Gasteiger charge is 2.43. The number of hydrogen-bond acceptors (Lipinski definition) is 3. The van der Waals surface area contributed by atoms with Crippen LogP contribution in [0.4, 0.5) is 0 Å². The van der Waals surface area contributed by atoms with E-state index in [0.717, 1.165) is 17.7 Å². The SMILES string of the molecule is CC(C)[C@H]1C(=O)N(CCc2c[nH]c3ccccc23)C(=S)N1Cc1ccco1. The summed E-state index contributed by atoms with van der Waals surface area (Å²) in [7, 11) is 0. The highest BCUT2D eigenvalue weighted by molar-refractivity contribution is 7.80. The summed E-state index contributed by atoms with van der Waals surface area (Å²) >= 11 is 5.68. The van der Waals surface area contributed by atoms with Crippen molar-refractivity contribution in [1.29, 1.82) is 0 Å². The van der Waals surface area contributed by atoms with Gasteiger partial charge in [0.25, 0.3) is 5.91 Å². The van der Waals surface area contributed by atoms with Gasteiger partial charge in [0.05, 0.1) is 12.8 Å². The smallest absolute Gasteiger partial charge is 0.251 e. The maximum Gasteiger partial charge on any atom is 0.251 e. The Balaban J connectivity index is 1.53. The average Bonchev–Trinajstić information content (AvgIpc) is 3.35. The van der Waals surface area contributed by atoms with E-state index in [9.17, 15) is 4.79 Å². The van der Waals surface area contributed by atoms with E-state index in [2.05, 4.69) is 31.0 Å². The van der Waals surface area contributed by atoms with Crippen molar-refractivity contribution < 1.29 is 9.21 Å². The van der Waals surface area contributed by atoms with Gasteiger partial charge in [0, 0.05) is 23.6 Å². The molecule has 1 saturated heterocycles. The molecular formula is C21H23N3O2S. The monoisotopic (exact) mass is 381 g/mol. The number of thiocarbonyl (C=S) groups is 1. The fourth-order valence-corrected chi connectivity index (χ4v) is 4.18. The molecule has 0 unspecified atom stereocenters. The highest BCUT2D eigenvalue weighted by atomic mass is 32.1. The zero-order valence-corrected chi connectivity index (χ0v) is 16.3. The second-order valence-electron chi connectivity index (χ2n) is 7.28. The number of furan rings is 1. The second kappa shape index (κ2) is 7.19. The van der Waals surface area contributed by atoms with E-state index in [1.165, 1.54) is 10.9 Å². The van der Waals surface area contributed by atoms with Crippen molar-refractivity contribution in [2.75, 3.05) is 6.54 Å². The van der Waals surface area contributed by atoms with E-state index >= 15 is 0 Å². The van der Waals surface area contributed by atoms with Crippen LogP contribution in [0.1, 0.15) is 25.2 Å². The summed E-state index contributed by atoms with van der Waals surface area (Å²) in [6.07, 6.45) is 4.43. The number of carbonyl (C=O) groups is 1. The lowest BCUT2D eigenvalue weighted by Gasteiger charge is -2.25. The summed E-state index contributed by atoms with van der Waals surface area (Å²) in [5.41, 5.74) is 2.31. The molecule has 3 heterocycles. The van der Waals surface area contributed by atoms with Crippen LogP contribution >= 0.6 is 12.2 Å². The maximum absolute atomic E-state index is 13.1. The molecule has 6 heteroatoms. The third-order valence-corrected chi connectivity index (χ3v) is 5.60. The molecule has 5 nitrogen and oxygen atoms in total. The van der Waals surface area contributed by atoms with E-state index < -0.39 is 0 Å². The molecule has 1 aliphatic heterocycles. The number of aromatic amines is 1. The van der Waals surface area contributed by atoms with Gasteiger partial charge in [0.1, 0.15) is 11.8 Å². The predicted molar refractivity (Wildman–Crippen MR) is 109 cm³/mol. The summed E-state index contributed by atoms with van der Waals surface area (Å²) < 4.78 is 5.47. The fourth-order valence-electron chi connectivity index (χ4n) is 3.82. The molecule has 0 aliphatic carbocycles. The standard InChI is InChI=1S/C21H23N3O2S/c1-14(2)19-20(25)23(21(27)24(19)13-16-6-5-11-26-16)10-9-15-12-22-18-8-4-3-7-17(15)18/h3-8,11-12,14,19,22H,9-10,13H2,1-2H3/t19-/m0/s1. The Morgan fingerprint density at radius 3 is 2.78 bits per heavy atom. The van der Waals surface area contributed by atoms with Crippen molar-refractivity contribution in [2.45, 2.75) is 32.9 Å². The molecule has 0 saturated carbocycles. The molecule has 3 aromatic rings. The Labute approximate surface area is 163 Å². The molecule has 1 aromatic carbocycles. The lowest BCUT2D eigenvalue weighted by atomic mass is 10.0. The molecule has 2 aromatic heterocycles. The summed E-state index contributed by atoms with van der Waals surface area (Å²) in [4.78, 5) is 20.1. The van der Waals surface area contributed by atoms with Crippen LogP contribution in [0.3, 0.4) is 0 Å². The Morgan fingerprint density at radius 2 is 2.04 bits per heavy atom. The molecule has 140 valence electrons. The van der Waals surface area contributed by atoms with Crippen LogP contribution in [0, 0.1) is 5.92 Å². The first-order chi connectivity index (χ1) is 13.1. The number of para-hydroxylation sites is 1. The minimum absolute atomic E-state index is 0.0846. The van der Waals surface area contributed by atoms with E-state index in [1.807, 2.05) is 35.4 Å². The van der Waals surface area contributed by atoms with Gasteiger partial charge in [-0.15, -0.1) is 0 Å². The molecule has 1 amide bonds. The van der Waals surface area contributed by atoms with Crippen LogP contribution in [0.2, 0.25) is 0 Å². The van der Waals surface area contributed by atoms with E-state index in [1.54, 1.807) is 11.2 Å². The third kappa shape index (κ3) is 3.25. The zero-order chi connectivity index (χ0) is 19.0. The summed E-state index contributed by atoms with van der Waals surface area (Å²) in [6.45, 7) is 5.22. The number of benzene rings is 1. The van der Waals surface area contributed by atoms with Gasteiger partial charge in [-0.05, 0) is 48.3 Å². The lowest BCUT2D eigenvalue weighted by Crippen LogP contribution is -2.38. The fraction of sp³-hybridized carbons (Fsp3) is 0.333. The first-order valence-corrected chi connectivity index (χ1v) is 9.66. The minimum Gasteiger partial charge on any atom is -0.467 e. The number of rotatable bonds is 6. The number of nitrogens with zero attached hydrogens (tertiary/aromatic N) is 2.